The van der Waals surface area contributed by atoms with E-state index in [0.717, 1.165) is 0 Å². The van der Waals surface area contributed by atoms with Crippen molar-refractivity contribution in [2.75, 3.05) is 33.5 Å². The van der Waals surface area contributed by atoms with Crippen LogP contribution in [0, 0.1) is 5.82 Å². The zero-order valence-electron chi connectivity index (χ0n) is 9.95. The Morgan fingerprint density at radius 1 is 1.18 bits per heavy atom. The topological polar surface area (TPSA) is 53.7 Å². The monoisotopic (exact) mass is 243 g/mol. The quantitative estimate of drug-likeness (QED) is 0.700. The highest BCUT2D eigenvalue weighted by Gasteiger charge is 2.02. The van der Waals surface area contributed by atoms with Gasteiger partial charge in [0.1, 0.15) is 18.2 Å². The summed E-state index contributed by atoms with van der Waals surface area (Å²) in [4.78, 5) is 0. The van der Waals surface area contributed by atoms with E-state index in [1.165, 1.54) is 6.07 Å². The van der Waals surface area contributed by atoms with Crippen molar-refractivity contribution < 1.29 is 18.6 Å². The molecule has 1 rings (SSSR count). The number of halogens is 1. The third-order valence-corrected chi connectivity index (χ3v) is 2.17. The molecule has 0 aliphatic rings. The summed E-state index contributed by atoms with van der Waals surface area (Å²) in [5.74, 6) is 0.139. The van der Waals surface area contributed by atoms with Gasteiger partial charge in [0.25, 0.3) is 0 Å². The Bertz CT molecular complexity index is 334. The van der Waals surface area contributed by atoms with Crippen molar-refractivity contribution in [2.45, 2.75) is 6.54 Å². The minimum Gasteiger partial charge on any atom is -0.491 e. The molecule has 2 N–H and O–H groups in total. The largest absolute Gasteiger partial charge is 0.491 e. The van der Waals surface area contributed by atoms with Gasteiger partial charge >= 0.3 is 0 Å². The molecule has 1 aromatic rings. The van der Waals surface area contributed by atoms with Crippen molar-refractivity contribution in [2.24, 2.45) is 5.73 Å². The van der Waals surface area contributed by atoms with E-state index in [0.29, 0.717) is 37.7 Å². The van der Waals surface area contributed by atoms with Crippen LogP contribution in [0.1, 0.15) is 5.56 Å². The van der Waals surface area contributed by atoms with Crippen molar-refractivity contribution in [3.05, 3.63) is 29.6 Å². The number of hydrogen-bond acceptors (Lipinski definition) is 4. The van der Waals surface area contributed by atoms with Gasteiger partial charge in [0.15, 0.2) is 0 Å². The summed E-state index contributed by atoms with van der Waals surface area (Å²) in [5.41, 5.74) is 5.84. The molecule has 0 fully saturated rings. The first kappa shape index (κ1) is 13.9. The summed E-state index contributed by atoms with van der Waals surface area (Å²) >= 11 is 0. The van der Waals surface area contributed by atoms with E-state index in [9.17, 15) is 4.39 Å². The molecule has 96 valence electrons. The zero-order chi connectivity index (χ0) is 12.5. The number of benzene rings is 1. The van der Waals surface area contributed by atoms with Gasteiger partial charge in [0.2, 0.25) is 0 Å². The van der Waals surface area contributed by atoms with Crippen LogP contribution in [0.2, 0.25) is 0 Å². The van der Waals surface area contributed by atoms with Gasteiger partial charge in [-0.1, -0.05) is 6.07 Å². The molecule has 0 aliphatic heterocycles. The number of nitrogens with two attached hydrogens (primary N) is 1. The highest BCUT2D eigenvalue weighted by Crippen LogP contribution is 2.16. The molecule has 17 heavy (non-hydrogen) atoms. The smallest absolute Gasteiger partial charge is 0.131 e. The summed E-state index contributed by atoms with van der Waals surface area (Å²) < 4.78 is 28.7. The fourth-order valence-electron chi connectivity index (χ4n) is 1.25. The standard InChI is InChI=1S/C12H18FNO3/c1-15-4-5-16-6-7-17-11-3-2-10(9-14)12(13)8-11/h2-3,8H,4-7,9,14H2,1H3. The molecule has 0 unspecified atom stereocenters. The van der Waals surface area contributed by atoms with Gasteiger partial charge in [-0.2, -0.15) is 0 Å². The molecule has 0 amide bonds. The van der Waals surface area contributed by atoms with Crippen molar-refractivity contribution in [3.63, 3.8) is 0 Å². The zero-order valence-corrected chi connectivity index (χ0v) is 9.95. The summed E-state index contributed by atoms with van der Waals surface area (Å²) in [5, 5.41) is 0. The molecule has 0 spiro atoms. The lowest BCUT2D eigenvalue weighted by Crippen LogP contribution is -2.10. The van der Waals surface area contributed by atoms with E-state index >= 15 is 0 Å². The molecule has 4 nitrogen and oxygen atoms in total. The Morgan fingerprint density at radius 3 is 2.59 bits per heavy atom. The first-order chi connectivity index (χ1) is 8.27. The Hall–Kier alpha value is -1.17. The predicted molar refractivity (Wildman–Crippen MR) is 62.5 cm³/mol. The van der Waals surface area contributed by atoms with Crippen molar-refractivity contribution in [1.29, 1.82) is 0 Å². The van der Waals surface area contributed by atoms with Gasteiger partial charge < -0.3 is 19.9 Å². The maximum absolute atomic E-state index is 13.3. The molecule has 0 saturated heterocycles. The molecular weight excluding hydrogens is 225 g/mol. The average molecular weight is 243 g/mol. The van der Waals surface area contributed by atoms with Crippen LogP contribution in [-0.2, 0) is 16.0 Å². The fraction of sp³-hybridized carbons (Fsp3) is 0.500. The van der Waals surface area contributed by atoms with E-state index < -0.39 is 0 Å². The number of rotatable bonds is 8. The molecule has 1 aromatic carbocycles. The lowest BCUT2D eigenvalue weighted by molar-refractivity contribution is 0.0544. The van der Waals surface area contributed by atoms with Crippen LogP contribution in [0.3, 0.4) is 0 Å². The minimum atomic E-state index is -0.342. The maximum Gasteiger partial charge on any atom is 0.131 e. The average Bonchev–Trinajstić information content (AvgIpc) is 2.34. The molecule has 0 saturated carbocycles. The summed E-state index contributed by atoms with van der Waals surface area (Å²) in [6.45, 7) is 2.10. The second kappa shape index (κ2) is 8.00. The Morgan fingerprint density at radius 2 is 1.94 bits per heavy atom. The lowest BCUT2D eigenvalue weighted by atomic mass is 10.2. The molecular formula is C12H18FNO3. The molecule has 0 bridgehead atoms. The molecule has 0 radical (unpaired) electrons. The summed E-state index contributed by atoms with van der Waals surface area (Å²) in [6, 6.07) is 4.65. The van der Waals surface area contributed by atoms with Crippen molar-refractivity contribution >= 4 is 0 Å². The molecule has 0 aromatic heterocycles. The molecule has 0 aliphatic carbocycles. The lowest BCUT2D eigenvalue weighted by Gasteiger charge is -2.08. The predicted octanol–water partition coefficient (Wildman–Crippen LogP) is 1.33. The van der Waals surface area contributed by atoms with Gasteiger partial charge in [-0.15, -0.1) is 0 Å². The van der Waals surface area contributed by atoms with E-state index in [4.69, 9.17) is 19.9 Å². The van der Waals surface area contributed by atoms with Crippen LogP contribution in [0.5, 0.6) is 5.75 Å². The van der Waals surface area contributed by atoms with Crippen LogP contribution < -0.4 is 10.5 Å². The van der Waals surface area contributed by atoms with Gasteiger partial charge in [0.05, 0.1) is 19.8 Å². The van der Waals surface area contributed by atoms with Gasteiger partial charge in [-0.05, 0) is 6.07 Å². The number of ether oxygens (including phenoxy) is 3. The first-order valence-corrected chi connectivity index (χ1v) is 5.46. The van der Waals surface area contributed by atoms with Crippen molar-refractivity contribution in [1.82, 2.24) is 0 Å². The fourth-order valence-corrected chi connectivity index (χ4v) is 1.25. The van der Waals surface area contributed by atoms with Crippen LogP contribution in [0.4, 0.5) is 4.39 Å². The maximum atomic E-state index is 13.3. The highest BCUT2D eigenvalue weighted by atomic mass is 19.1. The second-order valence-corrected chi connectivity index (χ2v) is 3.41. The second-order valence-electron chi connectivity index (χ2n) is 3.41. The number of methoxy groups -OCH3 is 1. The van der Waals surface area contributed by atoms with Crippen molar-refractivity contribution in [3.8, 4) is 5.75 Å². The van der Waals surface area contributed by atoms with E-state index in [-0.39, 0.29) is 12.4 Å². The van der Waals surface area contributed by atoms with E-state index in [2.05, 4.69) is 0 Å². The van der Waals surface area contributed by atoms with Gasteiger partial charge in [-0.25, -0.2) is 4.39 Å². The van der Waals surface area contributed by atoms with Crippen LogP contribution >= 0.6 is 0 Å². The Balaban J connectivity index is 2.25. The van der Waals surface area contributed by atoms with E-state index in [1.54, 1.807) is 19.2 Å². The summed E-state index contributed by atoms with van der Waals surface area (Å²) in [7, 11) is 1.61. The van der Waals surface area contributed by atoms with Gasteiger partial charge in [-0.3, -0.25) is 0 Å². The normalized spacial score (nSPS) is 10.5. The SMILES string of the molecule is COCCOCCOc1ccc(CN)c(F)c1. The van der Waals surface area contributed by atoms with E-state index in [1.807, 2.05) is 0 Å². The van der Waals surface area contributed by atoms with Crippen LogP contribution in [0.15, 0.2) is 18.2 Å². The number of hydrogen-bond donors (Lipinski definition) is 1. The van der Waals surface area contributed by atoms with Crippen LogP contribution in [0.25, 0.3) is 0 Å². The first-order valence-electron chi connectivity index (χ1n) is 5.46. The Kier molecular flexibility index (Phi) is 6.54. The summed E-state index contributed by atoms with van der Waals surface area (Å²) in [6.07, 6.45) is 0. The third-order valence-electron chi connectivity index (χ3n) is 2.17. The Labute approximate surface area is 100 Å². The highest BCUT2D eigenvalue weighted by molar-refractivity contribution is 5.28. The minimum absolute atomic E-state index is 0.187. The molecule has 5 heteroatoms. The third kappa shape index (κ3) is 5.12. The van der Waals surface area contributed by atoms with Gasteiger partial charge in [0, 0.05) is 25.3 Å². The molecule has 0 atom stereocenters. The van der Waals surface area contributed by atoms with Crippen LogP contribution in [-0.4, -0.2) is 33.5 Å². The molecule has 0 heterocycles.